The lowest BCUT2D eigenvalue weighted by Gasteiger charge is -2.15. The molecule has 1 aliphatic rings. The second kappa shape index (κ2) is 4.12. The van der Waals surface area contributed by atoms with Crippen molar-refractivity contribution in [1.29, 1.82) is 0 Å². The van der Waals surface area contributed by atoms with Crippen LogP contribution in [0.3, 0.4) is 0 Å². The number of nitrogens with one attached hydrogen (secondary N) is 1. The molecule has 1 rings (SSSR count). The van der Waals surface area contributed by atoms with E-state index in [2.05, 4.69) is 11.2 Å². The van der Waals surface area contributed by atoms with Gasteiger partial charge in [-0.1, -0.05) is 0 Å². The summed E-state index contributed by atoms with van der Waals surface area (Å²) in [5, 5.41) is 3.21. The number of sulfone groups is 1. The second-order valence-corrected chi connectivity index (χ2v) is 5.80. The van der Waals surface area contributed by atoms with Gasteiger partial charge in [-0.3, -0.25) is 0 Å². The Labute approximate surface area is 79.8 Å². The number of hydrogen-bond acceptors (Lipinski definition) is 3. The molecule has 0 aromatic rings. The van der Waals surface area contributed by atoms with Crippen LogP contribution in [0, 0.1) is 12.3 Å². The quantitative estimate of drug-likeness (QED) is 0.662. The molecule has 1 fully saturated rings. The molecular weight excluding hydrogens is 186 g/mol. The molecule has 1 aliphatic heterocycles. The molecule has 0 bridgehead atoms. The smallest absolute Gasteiger partial charge is 0.151 e. The third-order valence-corrected chi connectivity index (χ3v) is 3.94. The lowest BCUT2D eigenvalue weighted by atomic mass is 10.2. The standard InChI is InChI=1S/C9H15NO2S/c1-3-4-8(2)10-9-5-6-13(11,12)7-9/h1,8-10H,4-7H2,2H3. The van der Waals surface area contributed by atoms with E-state index in [1.54, 1.807) is 0 Å². The van der Waals surface area contributed by atoms with E-state index in [1.165, 1.54) is 0 Å². The van der Waals surface area contributed by atoms with Gasteiger partial charge in [-0.05, 0) is 13.3 Å². The van der Waals surface area contributed by atoms with Crippen LogP contribution in [0.5, 0.6) is 0 Å². The molecular formula is C9H15NO2S. The molecule has 0 amide bonds. The molecule has 2 unspecified atom stereocenters. The third-order valence-electron chi connectivity index (χ3n) is 2.18. The van der Waals surface area contributed by atoms with Crippen LogP contribution in [0.1, 0.15) is 19.8 Å². The zero-order valence-corrected chi connectivity index (χ0v) is 8.60. The van der Waals surface area contributed by atoms with Crippen molar-refractivity contribution in [3.63, 3.8) is 0 Å². The molecule has 0 spiro atoms. The van der Waals surface area contributed by atoms with Gasteiger partial charge in [0.15, 0.2) is 9.84 Å². The van der Waals surface area contributed by atoms with Gasteiger partial charge in [0.2, 0.25) is 0 Å². The van der Waals surface area contributed by atoms with E-state index >= 15 is 0 Å². The van der Waals surface area contributed by atoms with Crippen LogP contribution >= 0.6 is 0 Å². The van der Waals surface area contributed by atoms with Crippen LogP contribution in [0.15, 0.2) is 0 Å². The van der Waals surface area contributed by atoms with Gasteiger partial charge >= 0.3 is 0 Å². The highest BCUT2D eigenvalue weighted by atomic mass is 32.2. The molecule has 74 valence electrons. The van der Waals surface area contributed by atoms with Crippen LogP contribution in [0.4, 0.5) is 0 Å². The van der Waals surface area contributed by atoms with Crippen molar-refractivity contribution in [2.24, 2.45) is 0 Å². The fourth-order valence-corrected chi connectivity index (χ4v) is 3.25. The summed E-state index contributed by atoms with van der Waals surface area (Å²) in [5.74, 6) is 3.13. The van der Waals surface area contributed by atoms with E-state index in [4.69, 9.17) is 6.42 Å². The minimum Gasteiger partial charge on any atom is -0.310 e. The van der Waals surface area contributed by atoms with Gasteiger partial charge in [-0.25, -0.2) is 8.42 Å². The SMILES string of the molecule is C#CCC(C)NC1CCS(=O)(=O)C1. The van der Waals surface area contributed by atoms with Gasteiger partial charge in [-0.15, -0.1) is 12.3 Å². The normalized spacial score (nSPS) is 28.2. The lowest BCUT2D eigenvalue weighted by Crippen LogP contribution is -2.37. The molecule has 1 N–H and O–H groups in total. The Morgan fingerprint density at radius 1 is 1.69 bits per heavy atom. The molecule has 0 aliphatic carbocycles. The van der Waals surface area contributed by atoms with E-state index in [0.717, 1.165) is 6.42 Å². The Balaban J connectivity index is 2.37. The van der Waals surface area contributed by atoms with Crippen LogP contribution in [-0.2, 0) is 9.84 Å². The molecule has 13 heavy (non-hydrogen) atoms. The minimum atomic E-state index is -2.77. The van der Waals surface area contributed by atoms with Crippen molar-refractivity contribution in [3.05, 3.63) is 0 Å². The summed E-state index contributed by atoms with van der Waals surface area (Å²) >= 11 is 0. The maximum Gasteiger partial charge on any atom is 0.151 e. The fourth-order valence-electron chi connectivity index (χ4n) is 1.56. The molecule has 1 heterocycles. The summed E-state index contributed by atoms with van der Waals surface area (Å²) in [6.07, 6.45) is 6.52. The molecule has 3 nitrogen and oxygen atoms in total. The number of hydrogen-bond donors (Lipinski definition) is 1. The van der Waals surface area contributed by atoms with Crippen LogP contribution < -0.4 is 5.32 Å². The Morgan fingerprint density at radius 3 is 2.85 bits per heavy atom. The van der Waals surface area contributed by atoms with E-state index in [-0.39, 0.29) is 17.8 Å². The van der Waals surface area contributed by atoms with Crippen molar-refractivity contribution < 1.29 is 8.42 Å². The second-order valence-electron chi connectivity index (χ2n) is 3.58. The molecule has 2 atom stereocenters. The Kier molecular flexibility index (Phi) is 3.34. The van der Waals surface area contributed by atoms with E-state index in [9.17, 15) is 8.42 Å². The van der Waals surface area contributed by atoms with E-state index in [1.807, 2.05) is 6.92 Å². The zero-order valence-electron chi connectivity index (χ0n) is 7.79. The molecule has 0 aromatic carbocycles. The third kappa shape index (κ3) is 3.37. The largest absolute Gasteiger partial charge is 0.310 e. The first-order valence-electron chi connectivity index (χ1n) is 4.43. The summed E-state index contributed by atoms with van der Waals surface area (Å²) in [5.41, 5.74) is 0. The van der Waals surface area contributed by atoms with E-state index in [0.29, 0.717) is 12.2 Å². The average Bonchev–Trinajstić information content (AvgIpc) is 2.30. The van der Waals surface area contributed by atoms with Gasteiger partial charge < -0.3 is 5.32 Å². The maximum absolute atomic E-state index is 11.1. The molecule has 0 aromatic heterocycles. The monoisotopic (exact) mass is 201 g/mol. The van der Waals surface area contributed by atoms with Crippen molar-refractivity contribution in [1.82, 2.24) is 5.32 Å². The summed E-state index contributed by atoms with van der Waals surface area (Å²) in [4.78, 5) is 0. The minimum absolute atomic E-state index is 0.105. The Bertz CT molecular complexity index is 302. The lowest BCUT2D eigenvalue weighted by molar-refractivity contribution is 0.477. The highest BCUT2D eigenvalue weighted by Gasteiger charge is 2.28. The predicted molar refractivity (Wildman–Crippen MR) is 53.1 cm³/mol. The molecule has 4 heteroatoms. The highest BCUT2D eigenvalue weighted by Crippen LogP contribution is 2.12. The molecule has 0 saturated carbocycles. The number of terminal acetylenes is 1. The maximum atomic E-state index is 11.1. The average molecular weight is 201 g/mol. The summed E-state index contributed by atoms with van der Waals surface area (Å²) in [6.45, 7) is 1.98. The van der Waals surface area contributed by atoms with Gasteiger partial charge in [0.1, 0.15) is 0 Å². The fraction of sp³-hybridized carbons (Fsp3) is 0.778. The van der Waals surface area contributed by atoms with E-state index < -0.39 is 9.84 Å². The Morgan fingerprint density at radius 2 is 2.38 bits per heavy atom. The molecule has 1 saturated heterocycles. The highest BCUT2D eigenvalue weighted by molar-refractivity contribution is 7.91. The van der Waals surface area contributed by atoms with Crippen LogP contribution in [-0.4, -0.2) is 32.0 Å². The zero-order chi connectivity index (χ0) is 9.90. The van der Waals surface area contributed by atoms with Crippen LogP contribution in [0.2, 0.25) is 0 Å². The topological polar surface area (TPSA) is 46.2 Å². The first-order valence-corrected chi connectivity index (χ1v) is 6.25. The Hall–Kier alpha value is -0.530. The van der Waals surface area contributed by atoms with Crippen molar-refractivity contribution in [2.45, 2.75) is 31.8 Å². The van der Waals surface area contributed by atoms with Gasteiger partial charge in [0.05, 0.1) is 11.5 Å². The van der Waals surface area contributed by atoms with Crippen molar-refractivity contribution >= 4 is 9.84 Å². The number of rotatable bonds is 3. The van der Waals surface area contributed by atoms with Crippen molar-refractivity contribution in [2.75, 3.05) is 11.5 Å². The summed E-state index contributed by atoms with van der Waals surface area (Å²) in [6, 6.07) is 0.316. The predicted octanol–water partition coefficient (Wildman–Crippen LogP) is 0.175. The first kappa shape index (κ1) is 10.6. The van der Waals surface area contributed by atoms with Crippen molar-refractivity contribution in [3.8, 4) is 12.3 Å². The molecule has 0 radical (unpaired) electrons. The summed E-state index contributed by atoms with van der Waals surface area (Å²) in [7, 11) is -2.77. The van der Waals surface area contributed by atoms with Gasteiger partial charge in [0, 0.05) is 18.5 Å². The van der Waals surface area contributed by atoms with Crippen LogP contribution in [0.25, 0.3) is 0 Å². The van der Waals surface area contributed by atoms with Gasteiger partial charge in [0.25, 0.3) is 0 Å². The first-order chi connectivity index (χ1) is 6.03. The van der Waals surface area contributed by atoms with Gasteiger partial charge in [-0.2, -0.15) is 0 Å². The summed E-state index contributed by atoms with van der Waals surface area (Å²) < 4.78 is 22.2.